The molecule has 6 nitrogen and oxygen atoms in total. The lowest BCUT2D eigenvalue weighted by Gasteiger charge is -2.04. The lowest BCUT2D eigenvalue weighted by Crippen LogP contribution is -2.16. The van der Waals surface area contributed by atoms with Gasteiger partial charge in [0.1, 0.15) is 0 Å². The van der Waals surface area contributed by atoms with E-state index in [4.69, 9.17) is 16.6 Å². The number of hydrogen-bond donors (Lipinski definition) is 2. The highest BCUT2D eigenvalue weighted by Crippen LogP contribution is 2.24. The van der Waals surface area contributed by atoms with Gasteiger partial charge in [-0.1, -0.05) is 23.7 Å². The van der Waals surface area contributed by atoms with E-state index in [1.165, 1.54) is 10.1 Å². The summed E-state index contributed by atoms with van der Waals surface area (Å²) in [4.78, 5) is 17.2. The van der Waals surface area contributed by atoms with Gasteiger partial charge in [0.25, 0.3) is 5.56 Å². The molecule has 1 aromatic carbocycles. The van der Waals surface area contributed by atoms with Crippen LogP contribution in [0.15, 0.2) is 41.3 Å². The molecule has 3 heterocycles. The van der Waals surface area contributed by atoms with Gasteiger partial charge in [-0.15, -0.1) is 0 Å². The van der Waals surface area contributed by atoms with Crippen molar-refractivity contribution in [1.29, 1.82) is 0 Å². The van der Waals surface area contributed by atoms with Gasteiger partial charge < -0.3 is 0 Å². The quantitative estimate of drug-likeness (QED) is 0.579. The number of halogens is 1. The lowest BCUT2D eigenvalue weighted by atomic mass is 10.1. The van der Waals surface area contributed by atoms with Gasteiger partial charge in [-0.25, -0.2) is 9.50 Å². The molecule has 0 unspecified atom stereocenters. The zero-order chi connectivity index (χ0) is 18.3. The Balaban J connectivity index is 1.72. The summed E-state index contributed by atoms with van der Waals surface area (Å²) < 4.78 is 1.46. The maximum absolute atomic E-state index is 12.4. The van der Waals surface area contributed by atoms with Crippen LogP contribution in [0, 0.1) is 13.8 Å². The molecule has 0 aliphatic carbocycles. The predicted octanol–water partition coefficient (Wildman–Crippen LogP) is 3.47. The number of aromatic nitrogens is 5. The van der Waals surface area contributed by atoms with E-state index in [0.717, 1.165) is 34.6 Å². The van der Waals surface area contributed by atoms with Crippen molar-refractivity contribution in [3.8, 4) is 11.1 Å². The SMILES string of the molecule is Cc1n[nH]c(C)c1CCc1cc(=O)n2[nH]cc(-c3ccc(Cl)cc3)c2n1. The van der Waals surface area contributed by atoms with E-state index < -0.39 is 0 Å². The molecule has 0 radical (unpaired) electrons. The first-order chi connectivity index (χ1) is 12.5. The summed E-state index contributed by atoms with van der Waals surface area (Å²) in [5, 5.41) is 10.9. The minimum absolute atomic E-state index is 0.120. The number of nitrogens with zero attached hydrogens (tertiary/aromatic N) is 3. The molecule has 4 aromatic rings. The normalized spacial score (nSPS) is 11.3. The van der Waals surface area contributed by atoms with Crippen LogP contribution in [0.25, 0.3) is 16.8 Å². The molecule has 0 atom stereocenters. The summed E-state index contributed by atoms with van der Waals surface area (Å²) in [6, 6.07) is 9.07. The van der Waals surface area contributed by atoms with Gasteiger partial charge in [0, 0.05) is 34.2 Å². The Kier molecular flexibility index (Phi) is 4.12. The van der Waals surface area contributed by atoms with Crippen LogP contribution >= 0.6 is 11.6 Å². The second-order valence-electron chi connectivity index (χ2n) is 6.35. The van der Waals surface area contributed by atoms with Gasteiger partial charge >= 0.3 is 0 Å². The summed E-state index contributed by atoms with van der Waals surface area (Å²) in [6.07, 6.45) is 3.26. The van der Waals surface area contributed by atoms with Crippen LogP contribution in [0.2, 0.25) is 5.02 Å². The van der Waals surface area contributed by atoms with Gasteiger partial charge in [0.15, 0.2) is 5.65 Å². The molecular formula is C19H18ClN5O. The first kappa shape index (κ1) is 16.6. The number of fused-ring (bicyclic) bond motifs is 1. The zero-order valence-corrected chi connectivity index (χ0v) is 15.3. The number of aromatic amines is 2. The first-order valence-electron chi connectivity index (χ1n) is 8.39. The molecule has 7 heteroatoms. The smallest absolute Gasteiger partial charge is 0.272 e. The standard InChI is InChI=1S/C19H18ClN5O/c1-11-16(12(2)24-23-11)8-7-15-9-18(26)25-19(22-15)17(10-21-25)13-3-5-14(20)6-4-13/h3-6,9-10,21H,7-8H2,1-2H3,(H,23,24). The summed E-state index contributed by atoms with van der Waals surface area (Å²) >= 11 is 5.97. The fraction of sp³-hybridized carbons (Fsp3) is 0.211. The Labute approximate surface area is 154 Å². The summed E-state index contributed by atoms with van der Waals surface area (Å²) in [7, 11) is 0. The number of rotatable bonds is 4. The van der Waals surface area contributed by atoms with Crippen molar-refractivity contribution in [2.75, 3.05) is 0 Å². The van der Waals surface area contributed by atoms with E-state index in [2.05, 4.69) is 15.3 Å². The molecule has 0 bridgehead atoms. The highest BCUT2D eigenvalue weighted by molar-refractivity contribution is 6.30. The second-order valence-corrected chi connectivity index (χ2v) is 6.79. The molecule has 0 fully saturated rings. The number of benzene rings is 1. The maximum Gasteiger partial charge on any atom is 0.272 e. The number of hydrogen-bond acceptors (Lipinski definition) is 3. The summed E-state index contributed by atoms with van der Waals surface area (Å²) in [5.74, 6) is 0. The maximum atomic E-state index is 12.4. The topological polar surface area (TPSA) is 78.8 Å². The molecule has 0 aliphatic heterocycles. The third kappa shape index (κ3) is 2.93. The van der Waals surface area contributed by atoms with Crippen molar-refractivity contribution in [2.24, 2.45) is 0 Å². The predicted molar refractivity (Wildman–Crippen MR) is 102 cm³/mol. The third-order valence-electron chi connectivity index (χ3n) is 4.62. The van der Waals surface area contributed by atoms with Crippen molar-refractivity contribution in [2.45, 2.75) is 26.7 Å². The van der Waals surface area contributed by atoms with E-state index in [-0.39, 0.29) is 5.56 Å². The van der Waals surface area contributed by atoms with E-state index in [1.54, 1.807) is 12.3 Å². The monoisotopic (exact) mass is 367 g/mol. The molecule has 0 saturated heterocycles. The second kappa shape index (κ2) is 6.46. The van der Waals surface area contributed by atoms with Crippen molar-refractivity contribution in [1.82, 2.24) is 24.8 Å². The van der Waals surface area contributed by atoms with Crippen molar-refractivity contribution in [3.63, 3.8) is 0 Å². The molecule has 0 spiro atoms. The van der Waals surface area contributed by atoms with Crippen LogP contribution in [-0.2, 0) is 12.8 Å². The van der Waals surface area contributed by atoms with Crippen molar-refractivity contribution in [3.05, 3.63) is 74.6 Å². The number of nitrogens with one attached hydrogen (secondary N) is 2. The van der Waals surface area contributed by atoms with Gasteiger partial charge in [0.05, 0.1) is 5.69 Å². The molecule has 4 rings (SSSR count). The van der Waals surface area contributed by atoms with Crippen LogP contribution in [0.4, 0.5) is 0 Å². The Morgan fingerprint density at radius 3 is 2.62 bits per heavy atom. The Hall–Kier alpha value is -2.86. The molecular weight excluding hydrogens is 350 g/mol. The van der Waals surface area contributed by atoms with Crippen LogP contribution in [-0.4, -0.2) is 24.8 Å². The minimum atomic E-state index is -0.120. The van der Waals surface area contributed by atoms with Crippen LogP contribution in [0.5, 0.6) is 0 Å². The Morgan fingerprint density at radius 2 is 1.92 bits per heavy atom. The zero-order valence-electron chi connectivity index (χ0n) is 14.5. The highest BCUT2D eigenvalue weighted by Gasteiger charge is 2.12. The minimum Gasteiger partial charge on any atom is -0.296 e. The largest absolute Gasteiger partial charge is 0.296 e. The Bertz CT molecular complexity index is 1120. The Morgan fingerprint density at radius 1 is 1.15 bits per heavy atom. The summed E-state index contributed by atoms with van der Waals surface area (Å²) in [5.41, 5.74) is 6.33. The average molecular weight is 368 g/mol. The van der Waals surface area contributed by atoms with Gasteiger partial charge in [0.2, 0.25) is 0 Å². The lowest BCUT2D eigenvalue weighted by molar-refractivity contribution is 0.848. The van der Waals surface area contributed by atoms with Gasteiger partial charge in [-0.05, 0) is 49.9 Å². The third-order valence-corrected chi connectivity index (χ3v) is 4.87. The molecule has 132 valence electrons. The van der Waals surface area contributed by atoms with Crippen LogP contribution in [0.1, 0.15) is 22.6 Å². The average Bonchev–Trinajstić information content (AvgIpc) is 3.18. The van der Waals surface area contributed by atoms with E-state index in [0.29, 0.717) is 17.1 Å². The first-order valence-corrected chi connectivity index (χ1v) is 8.77. The van der Waals surface area contributed by atoms with Crippen molar-refractivity contribution < 1.29 is 0 Å². The molecule has 3 aromatic heterocycles. The summed E-state index contributed by atoms with van der Waals surface area (Å²) in [6.45, 7) is 3.99. The fourth-order valence-electron chi connectivity index (χ4n) is 3.19. The molecule has 0 aliphatic rings. The molecule has 0 saturated carbocycles. The molecule has 26 heavy (non-hydrogen) atoms. The van der Waals surface area contributed by atoms with E-state index in [9.17, 15) is 4.79 Å². The number of H-pyrrole nitrogens is 2. The number of aryl methyl sites for hydroxylation is 3. The van der Waals surface area contributed by atoms with Gasteiger partial charge in [-0.3, -0.25) is 15.0 Å². The van der Waals surface area contributed by atoms with Gasteiger partial charge in [-0.2, -0.15) is 5.10 Å². The van der Waals surface area contributed by atoms with E-state index >= 15 is 0 Å². The van der Waals surface area contributed by atoms with Crippen LogP contribution in [0.3, 0.4) is 0 Å². The molecule has 0 amide bonds. The molecule has 2 N–H and O–H groups in total. The van der Waals surface area contributed by atoms with E-state index in [1.807, 2.05) is 38.1 Å². The van der Waals surface area contributed by atoms with Crippen LogP contribution < -0.4 is 5.56 Å². The highest BCUT2D eigenvalue weighted by atomic mass is 35.5. The fourth-order valence-corrected chi connectivity index (χ4v) is 3.32. The van der Waals surface area contributed by atoms with Crippen molar-refractivity contribution >= 4 is 17.2 Å².